The topological polar surface area (TPSA) is 88.6 Å². The van der Waals surface area contributed by atoms with Crippen LogP contribution in [0.15, 0.2) is 29.3 Å². The van der Waals surface area contributed by atoms with Crippen LogP contribution in [0.3, 0.4) is 0 Å². The average Bonchev–Trinajstić information content (AvgIpc) is 2.89. The Morgan fingerprint density at radius 2 is 2.12 bits per heavy atom. The fourth-order valence-corrected chi connectivity index (χ4v) is 3.53. The number of hydrogen-bond donors (Lipinski definition) is 1. The van der Waals surface area contributed by atoms with Crippen molar-refractivity contribution in [1.82, 2.24) is 9.88 Å². The summed E-state index contributed by atoms with van der Waals surface area (Å²) in [6, 6.07) is 3.19. The van der Waals surface area contributed by atoms with Gasteiger partial charge in [0.15, 0.2) is 23.3 Å². The lowest BCUT2D eigenvalue weighted by molar-refractivity contribution is -0.130. The van der Waals surface area contributed by atoms with Crippen LogP contribution in [0.2, 0.25) is 0 Å². The van der Waals surface area contributed by atoms with Crippen molar-refractivity contribution in [2.24, 2.45) is 0 Å². The Hall–Kier alpha value is -2.20. The molecule has 0 unspecified atom stereocenters. The number of rotatable bonds is 6. The molecule has 130 valence electrons. The van der Waals surface area contributed by atoms with E-state index in [1.165, 1.54) is 34.6 Å². The number of thiazole rings is 1. The van der Waals surface area contributed by atoms with Crippen molar-refractivity contribution in [3.63, 3.8) is 0 Å². The van der Waals surface area contributed by atoms with Crippen molar-refractivity contribution < 1.29 is 22.3 Å². The van der Waals surface area contributed by atoms with E-state index in [9.17, 15) is 17.6 Å². The maximum Gasteiger partial charge on any atom is 0.263 e. The molecular weight excluding hydrogens is 357 g/mol. The molecule has 0 spiro atoms. The van der Waals surface area contributed by atoms with E-state index in [0.29, 0.717) is 0 Å². The van der Waals surface area contributed by atoms with E-state index in [0.717, 1.165) is 10.9 Å². The van der Waals surface area contributed by atoms with E-state index in [1.807, 2.05) is 0 Å². The summed E-state index contributed by atoms with van der Waals surface area (Å²) < 4.78 is 45.8. The van der Waals surface area contributed by atoms with E-state index in [1.54, 1.807) is 21.0 Å². The Kier molecular flexibility index (Phi) is 5.40. The molecule has 0 aliphatic heterocycles. The summed E-state index contributed by atoms with van der Waals surface area (Å²) in [6.07, 6.45) is 1.53. The van der Waals surface area contributed by atoms with Gasteiger partial charge in [0.05, 0.1) is 4.90 Å². The summed E-state index contributed by atoms with van der Waals surface area (Å²) >= 11 is 1.17. The number of amides is 1. The third kappa shape index (κ3) is 4.42. The second kappa shape index (κ2) is 7.14. The van der Waals surface area contributed by atoms with E-state index in [4.69, 9.17) is 4.74 Å². The molecule has 7 nitrogen and oxygen atoms in total. The van der Waals surface area contributed by atoms with Crippen LogP contribution in [0, 0.1) is 12.7 Å². The van der Waals surface area contributed by atoms with Gasteiger partial charge < -0.3 is 9.64 Å². The average molecular weight is 373 g/mol. The first-order valence-corrected chi connectivity index (χ1v) is 9.07. The van der Waals surface area contributed by atoms with E-state index in [2.05, 4.69) is 9.71 Å². The highest BCUT2D eigenvalue weighted by Crippen LogP contribution is 2.24. The number of sulfonamides is 1. The predicted octanol–water partition coefficient (Wildman–Crippen LogP) is 1.86. The Morgan fingerprint density at radius 1 is 1.42 bits per heavy atom. The summed E-state index contributed by atoms with van der Waals surface area (Å²) in [4.78, 5) is 17.2. The fraction of sp³-hybridized carbons (Fsp3) is 0.286. The molecule has 0 bridgehead atoms. The largest absolute Gasteiger partial charge is 0.481 e. The van der Waals surface area contributed by atoms with Crippen molar-refractivity contribution in [2.75, 3.05) is 25.4 Å². The van der Waals surface area contributed by atoms with Crippen molar-refractivity contribution in [3.8, 4) is 5.75 Å². The third-order valence-corrected chi connectivity index (χ3v) is 5.20. The van der Waals surface area contributed by atoms with Gasteiger partial charge >= 0.3 is 0 Å². The third-order valence-electron chi connectivity index (χ3n) is 2.91. The molecular formula is C14H16FN3O4S2. The fourth-order valence-electron chi connectivity index (χ4n) is 1.61. The molecule has 2 rings (SSSR count). The highest BCUT2D eigenvalue weighted by molar-refractivity contribution is 7.93. The number of carbonyl (C=O) groups excluding carboxylic acids is 1. The number of ether oxygens (including phenoxy) is 1. The summed E-state index contributed by atoms with van der Waals surface area (Å²) in [5.41, 5.74) is 0. The Labute approximate surface area is 143 Å². The molecule has 1 amide bonds. The van der Waals surface area contributed by atoms with Gasteiger partial charge in [-0.1, -0.05) is 0 Å². The van der Waals surface area contributed by atoms with E-state index < -0.39 is 15.8 Å². The van der Waals surface area contributed by atoms with Crippen LogP contribution >= 0.6 is 11.3 Å². The van der Waals surface area contributed by atoms with Gasteiger partial charge in [-0.3, -0.25) is 9.52 Å². The summed E-state index contributed by atoms with van der Waals surface area (Å²) in [7, 11) is -0.866. The molecule has 0 saturated carbocycles. The minimum absolute atomic E-state index is 0.199. The van der Waals surface area contributed by atoms with E-state index >= 15 is 0 Å². The number of benzene rings is 1. The lowest BCUT2D eigenvalue weighted by atomic mass is 10.3. The van der Waals surface area contributed by atoms with Crippen LogP contribution in [-0.2, 0) is 14.8 Å². The minimum Gasteiger partial charge on any atom is -0.481 e. The standard InChI is InChI=1S/C14H16FN3O4S2/c1-9-7-16-14(23-9)17-24(20,21)10-4-5-12(11(15)6-10)22-8-13(19)18(2)3/h4-7H,8H2,1-3H3,(H,16,17). The Morgan fingerprint density at radius 3 is 2.67 bits per heavy atom. The zero-order chi connectivity index (χ0) is 17.9. The smallest absolute Gasteiger partial charge is 0.263 e. The van der Waals surface area contributed by atoms with E-state index in [-0.39, 0.29) is 28.3 Å². The predicted molar refractivity (Wildman–Crippen MR) is 88.2 cm³/mol. The molecule has 2 aromatic rings. The lowest BCUT2D eigenvalue weighted by Crippen LogP contribution is -2.27. The van der Waals surface area contributed by atoms with Crippen LogP contribution in [0.5, 0.6) is 5.75 Å². The molecule has 1 heterocycles. The molecule has 10 heteroatoms. The minimum atomic E-state index is -3.96. The van der Waals surface area contributed by atoms with Crippen molar-refractivity contribution in [1.29, 1.82) is 0 Å². The van der Waals surface area contributed by atoms with Gasteiger partial charge in [-0.05, 0) is 25.1 Å². The van der Waals surface area contributed by atoms with Crippen LogP contribution in [0.25, 0.3) is 0 Å². The first kappa shape index (κ1) is 18.1. The molecule has 0 fully saturated rings. The maximum atomic E-state index is 14.0. The number of nitrogens with zero attached hydrogens (tertiary/aromatic N) is 2. The molecule has 0 aliphatic rings. The number of aromatic nitrogens is 1. The quantitative estimate of drug-likeness (QED) is 0.835. The highest BCUT2D eigenvalue weighted by Gasteiger charge is 2.19. The first-order chi connectivity index (χ1) is 11.2. The van der Waals surface area contributed by atoms with Crippen LogP contribution in [0.4, 0.5) is 9.52 Å². The molecule has 1 aromatic heterocycles. The zero-order valence-corrected chi connectivity index (χ0v) is 14.9. The highest BCUT2D eigenvalue weighted by atomic mass is 32.2. The lowest BCUT2D eigenvalue weighted by Gasteiger charge is -2.12. The number of nitrogens with one attached hydrogen (secondary N) is 1. The molecule has 24 heavy (non-hydrogen) atoms. The van der Waals surface area contributed by atoms with Gasteiger partial charge in [-0.25, -0.2) is 17.8 Å². The van der Waals surface area contributed by atoms with Gasteiger partial charge in [-0.2, -0.15) is 0 Å². The molecule has 0 aliphatic carbocycles. The van der Waals surface area contributed by atoms with Crippen LogP contribution in [0.1, 0.15) is 4.88 Å². The number of anilines is 1. The summed E-state index contributed by atoms with van der Waals surface area (Å²) in [5.74, 6) is -1.42. The van der Waals surface area contributed by atoms with Gasteiger partial charge in [0.25, 0.3) is 15.9 Å². The molecule has 1 N–H and O–H groups in total. The number of hydrogen-bond acceptors (Lipinski definition) is 6. The summed E-state index contributed by atoms with van der Waals surface area (Å²) in [5, 5.41) is 0.199. The first-order valence-electron chi connectivity index (χ1n) is 6.77. The maximum absolute atomic E-state index is 14.0. The number of likely N-dealkylation sites (N-methyl/N-ethyl adjacent to an activating group) is 1. The van der Waals surface area contributed by atoms with Crippen molar-refractivity contribution in [3.05, 3.63) is 35.1 Å². The second-order valence-corrected chi connectivity index (χ2v) is 7.97. The second-order valence-electron chi connectivity index (χ2n) is 5.05. The van der Waals surface area contributed by atoms with Crippen molar-refractivity contribution >= 4 is 32.4 Å². The van der Waals surface area contributed by atoms with Crippen molar-refractivity contribution in [2.45, 2.75) is 11.8 Å². The SMILES string of the molecule is Cc1cnc(NS(=O)(=O)c2ccc(OCC(=O)N(C)C)c(F)c2)s1. The molecule has 0 atom stereocenters. The Bertz CT molecular complexity index is 849. The number of aryl methyl sites for hydroxylation is 1. The van der Waals surface area contributed by atoms with Gasteiger partial charge in [0.1, 0.15) is 0 Å². The molecule has 0 radical (unpaired) electrons. The number of halogens is 1. The zero-order valence-electron chi connectivity index (χ0n) is 13.2. The summed E-state index contributed by atoms with van der Waals surface area (Å²) in [6.45, 7) is 1.45. The van der Waals surface area contributed by atoms with Crippen LogP contribution in [-0.4, -0.2) is 44.9 Å². The van der Waals surface area contributed by atoms with Gasteiger partial charge in [0.2, 0.25) is 0 Å². The Balaban J connectivity index is 2.14. The number of carbonyl (C=O) groups is 1. The molecule has 0 saturated heterocycles. The molecule has 1 aromatic carbocycles. The van der Waals surface area contributed by atoms with Crippen LogP contribution < -0.4 is 9.46 Å². The van der Waals surface area contributed by atoms with Gasteiger partial charge in [0, 0.05) is 25.2 Å². The monoisotopic (exact) mass is 373 g/mol. The normalized spacial score (nSPS) is 11.2. The van der Waals surface area contributed by atoms with Gasteiger partial charge in [-0.15, -0.1) is 11.3 Å².